The van der Waals surface area contributed by atoms with Gasteiger partial charge in [-0.3, -0.25) is 0 Å². The number of hydrogen-bond acceptors (Lipinski definition) is 2. The Morgan fingerprint density at radius 2 is 1.67 bits per heavy atom. The molecule has 2 heteroatoms. The summed E-state index contributed by atoms with van der Waals surface area (Å²) in [6.45, 7) is 7.72. The first-order valence-electron chi connectivity index (χ1n) is 5.22. The summed E-state index contributed by atoms with van der Waals surface area (Å²) in [4.78, 5) is 0. The van der Waals surface area contributed by atoms with Crippen molar-refractivity contribution in [2.45, 2.75) is 39.4 Å². The molecule has 0 spiro atoms. The predicted molar refractivity (Wildman–Crippen MR) is 62.0 cm³/mol. The van der Waals surface area contributed by atoms with Gasteiger partial charge < -0.3 is 9.84 Å². The topological polar surface area (TPSA) is 29.5 Å². The van der Waals surface area contributed by atoms with Crippen molar-refractivity contribution >= 4 is 0 Å². The lowest BCUT2D eigenvalue weighted by atomic mass is 9.89. The Kier molecular flexibility index (Phi) is 3.53. The van der Waals surface area contributed by atoms with Crippen molar-refractivity contribution in [3.8, 4) is 0 Å². The van der Waals surface area contributed by atoms with E-state index in [1.54, 1.807) is 14.0 Å². The SMILES string of the molecule is COC(C)C(C)(O)c1cc(C)cc(C)c1. The van der Waals surface area contributed by atoms with Crippen molar-refractivity contribution in [2.75, 3.05) is 7.11 Å². The third kappa shape index (κ3) is 2.58. The first-order chi connectivity index (χ1) is 6.87. The maximum absolute atomic E-state index is 10.4. The second-order valence-electron chi connectivity index (χ2n) is 4.40. The summed E-state index contributed by atoms with van der Waals surface area (Å²) >= 11 is 0. The lowest BCUT2D eigenvalue weighted by molar-refractivity contribution is -0.0772. The highest BCUT2D eigenvalue weighted by atomic mass is 16.5. The third-order valence-electron chi connectivity index (χ3n) is 2.95. The third-order valence-corrected chi connectivity index (χ3v) is 2.95. The summed E-state index contributed by atoms with van der Waals surface area (Å²) < 4.78 is 5.20. The number of hydrogen-bond donors (Lipinski definition) is 1. The van der Waals surface area contributed by atoms with Crippen molar-refractivity contribution in [2.24, 2.45) is 0 Å². The van der Waals surface area contributed by atoms with Crippen LogP contribution in [0.2, 0.25) is 0 Å². The molecule has 2 unspecified atom stereocenters. The number of benzene rings is 1. The second-order valence-corrected chi connectivity index (χ2v) is 4.40. The molecular formula is C13H20O2. The molecule has 0 bridgehead atoms. The van der Waals surface area contributed by atoms with Gasteiger partial charge in [-0.1, -0.05) is 29.3 Å². The van der Waals surface area contributed by atoms with Crippen LogP contribution < -0.4 is 0 Å². The molecule has 15 heavy (non-hydrogen) atoms. The fourth-order valence-electron chi connectivity index (χ4n) is 1.73. The number of rotatable bonds is 3. The van der Waals surface area contributed by atoms with E-state index in [2.05, 4.69) is 6.07 Å². The van der Waals surface area contributed by atoms with Crippen LogP contribution >= 0.6 is 0 Å². The monoisotopic (exact) mass is 208 g/mol. The smallest absolute Gasteiger partial charge is 0.113 e. The maximum Gasteiger partial charge on any atom is 0.113 e. The number of ether oxygens (including phenoxy) is 1. The van der Waals surface area contributed by atoms with Gasteiger partial charge in [-0.2, -0.15) is 0 Å². The van der Waals surface area contributed by atoms with E-state index in [1.807, 2.05) is 32.9 Å². The van der Waals surface area contributed by atoms with Gasteiger partial charge in [0.2, 0.25) is 0 Å². The minimum absolute atomic E-state index is 0.223. The zero-order chi connectivity index (χ0) is 11.6. The molecule has 0 heterocycles. The van der Waals surface area contributed by atoms with Gasteiger partial charge in [0.25, 0.3) is 0 Å². The van der Waals surface area contributed by atoms with E-state index in [-0.39, 0.29) is 6.10 Å². The largest absolute Gasteiger partial charge is 0.383 e. The van der Waals surface area contributed by atoms with Gasteiger partial charge in [0, 0.05) is 7.11 Å². The zero-order valence-corrected chi connectivity index (χ0v) is 10.2. The van der Waals surface area contributed by atoms with E-state index in [1.165, 1.54) is 0 Å². The molecule has 1 aromatic carbocycles. The highest BCUT2D eigenvalue weighted by Crippen LogP contribution is 2.27. The van der Waals surface area contributed by atoms with Crippen LogP contribution in [0.15, 0.2) is 18.2 Å². The molecule has 0 saturated heterocycles. The summed E-state index contributed by atoms with van der Waals surface area (Å²) in [6, 6.07) is 6.10. The molecule has 1 N–H and O–H groups in total. The summed E-state index contributed by atoms with van der Waals surface area (Å²) in [5.74, 6) is 0. The number of methoxy groups -OCH3 is 1. The zero-order valence-electron chi connectivity index (χ0n) is 10.2. The molecule has 0 radical (unpaired) electrons. The molecular weight excluding hydrogens is 188 g/mol. The van der Waals surface area contributed by atoms with Crippen molar-refractivity contribution < 1.29 is 9.84 Å². The van der Waals surface area contributed by atoms with Crippen molar-refractivity contribution in [1.82, 2.24) is 0 Å². The van der Waals surface area contributed by atoms with Crippen LogP contribution in [0.25, 0.3) is 0 Å². The highest BCUT2D eigenvalue weighted by Gasteiger charge is 2.30. The van der Waals surface area contributed by atoms with Gasteiger partial charge in [0.1, 0.15) is 5.60 Å². The normalized spacial score (nSPS) is 17.2. The minimum Gasteiger partial charge on any atom is -0.383 e. The van der Waals surface area contributed by atoms with Crippen molar-refractivity contribution in [3.63, 3.8) is 0 Å². The Hall–Kier alpha value is -0.860. The lowest BCUT2D eigenvalue weighted by Gasteiger charge is -2.30. The van der Waals surface area contributed by atoms with Crippen LogP contribution in [0.4, 0.5) is 0 Å². The summed E-state index contributed by atoms with van der Waals surface area (Å²) in [5.41, 5.74) is 2.29. The molecule has 2 atom stereocenters. The van der Waals surface area contributed by atoms with Gasteiger partial charge in [-0.05, 0) is 33.3 Å². The Morgan fingerprint density at radius 3 is 2.07 bits per heavy atom. The highest BCUT2D eigenvalue weighted by molar-refractivity contribution is 5.32. The van der Waals surface area contributed by atoms with Crippen LogP contribution in [-0.4, -0.2) is 18.3 Å². The molecule has 84 valence electrons. The fraction of sp³-hybridized carbons (Fsp3) is 0.538. The molecule has 0 aromatic heterocycles. The van der Waals surface area contributed by atoms with Crippen LogP contribution in [0.3, 0.4) is 0 Å². The van der Waals surface area contributed by atoms with E-state index in [0.717, 1.165) is 16.7 Å². The van der Waals surface area contributed by atoms with Crippen molar-refractivity contribution in [1.29, 1.82) is 0 Å². The van der Waals surface area contributed by atoms with Gasteiger partial charge in [0.05, 0.1) is 6.10 Å². The molecule has 1 rings (SSSR count). The van der Waals surface area contributed by atoms with E-state index >= 15 is 0 Å². The van der Waals surface area contributed by atoms with E-state index in [9.17, 15) is 5.11 Å². The van der Waals surface area contributed by atoms with Crippen LogP contribution in [-0.2, 0) is 10.3 Å². The Morgan fingerprint density at radius 1 is 1.20 bits per heavy atom. The Balaban J connectivity index is 3.14. The molecule has 1 aromatic rings. The van der Waals surface area contributed by atoms with Crippen LogP contribution in [0, 0.1) is 13.8 Å². The Bertz CT molecular complexity index is 322. The maximum atomic E-state index is 10.4. The van der Waals surface area contributed by atoms with E-state index < -0.39 is 5.60 Å². The first-order valence-corrected chi connectivity index (χ1v) is 5.22. The van der Waals surface area contributed by atoms with E-state index in [0.29, 0.717) is 0 Å². The van der Waals surface area contributed by atoms with Gasteiger partial charge >= 0.3 is 0 Å². The van der Waals surface area contributed by atoms with E-state index in [4.69, 9.17) is 4.74 Å². The molecule has 0 aliphatic heterocycles. The standard InChI is InChI=1S/C13H20O2/c1-9-6-10(2)8-12(7-9)13(4,14)11(3)15-5/h6-8,11,14H,1-5H3. The quantitative estimate of drug-likeness (QED) is 0.827. The van der Waals surface area contributed by atoms with Crippen LogP contribution in [0.5, 0.6) is 0 Å². The molecule has 0 fully saturated rings. The first kappa shape index (κ1) is 12.2. The fourth-order valence-corrected chi connectivity index (χ4v) is 1.73. The summed E-state index contributed by atoms with van der Waals surface area (Å²) in [6.07, 6.45) is -0.223. The average molecular weight is 208 g/mol. The second kappa shape index (κ2) is 4.33. The van der Waals surface area contributed by atoms with Gasteiger partial charge in [0.15, 0.2) is 0 Å². The molecule has 0 amide bonds. The van der Waals surface area contributed by atoms with Crippen molar-refractivity contribution in [3.05, 3.63) is 34.9 Å². The molecule has 0 saturated carbocycles. The van der Waals surface area contributed by atoms with Gasteiger partial charge in [-0.15, -0.1) is 0 Å². The molecule has 2 nitrogen and oxygen atoms in total. The van der Waals surface area contributed by atoms with Gasteiger partial charge in [-0.25, -0.2) is 0 Å². The summed E-state index contributed by atoms with van der Waals surface area (Å²) in [5, 5.41) is 10.4. The summed E-state index contributed by atoms with van der Waals surface area (Å²) in [7, 11) is 1.61. The molecule has 0 aliphatic rings. The average Bonchev–Trinajstić information content (AvgIpc) is 2.15. The lowest BCUT2D eigenvalue weighted by Crippen LogP contribution is -2.35. The number of aryl methyl sites for hydroxylation is 2. The Labute approximate surface area is 91.9 Å². The van der Waals surface area contributed by atoms with Crippen LogP contribution in [0.1, 0.15) is 30.5 Å². The molecule has 0 aliphatic carbocycles. The predicted octanol–water partition coefficient (Wildman–Crippen LogP) is 2.55. The number of aliphatic hydroxyl groups is 1. The minimum atomic E-state index is -0.939.